The van der Waals surface area contributed by atoms with Crippen molar-refractivity contribution in [3.05, 3.63) is 123 Å². The molecule has 2 aromatic heterocycles. The highest BCUT2D eigenvalue weighted by Gasteiger charge is 2.50. The number of carbonyl (C=O) groups excluding carboxylic acids is 6. The second kappa shape index (κ2) is 21.0. The van der Waals surface area contributed by atoms with Crippen LogP contribution in [0, 0.1) is 29.1 Å². The average Bonchev–Trinajstić information content (AvgIpc) is 3.72. The molecule has 2 aromatic carbocycles. The zero-order valence-electron chi connectivity index (χ0n) is 42.6. The van der Waals surface area contributed by atoms with Gasteiger partial charge in [0.2, 0.25) is 11.8 Å². The Balaban J connectivity index is 0.000000151. The van der Waals surface area contributed by atoms with E-state index in [0.717, 1.165) is 47.8 Å². The van der Waals surface area contributed by atoms with Crippen molar-refractivity contribution in [3.63, 3.8) is 0 Å². The van der Waals surface area contributed by atoms with Crippen molar-refractivity contribution in [1.29, 1.82) is 0 Å². The molecule has 0 saturated carbocycles. The molecular weight excluding hydrogens is 933 g/mol. The van der Waals surface area contributed by atoms with Gasteiger partial charge in [0.1, 0.15) is 18.8 Å². The number of esters is 3. The van der Waals surface area contributed by atoms with Crippen LogP contribution in [-0.4, -0.2) is 73.8 Å². The maximum Gasteiger partial charge on any atom is 0.343 e. The number of pyridine rings is 2. The van der Waals surface area contributed by atoms with Gasteiger partial charge in [0.25, 0.3) is 5.56 Å². The number of aliphatic hydroxyl groups excluding tert-OH is 1. The highest BCUT2D eigenvalue weighted by Crippen LogP contribution is 2.46. The van der Waals surface area contributed by atoms with Gasteiger partial charge in [-0.3, -0.25) is 34.6 Å². The van der Waals surface area contributed by atoms with E-state index in [9.17, 15) is 43.8 Å². The smallest absolute Gasteiger partial charge is 0.343 e. The zero-order valence-corrected chi connectivity index (χ0v) is 42.6. The lowest BCUT2D eigenvalue weighted by Gasteiger charge is -2.44. The number of cyclic esters (lactones) is 2. The summed E-state index contributed by atoms with van der Waals surface area (Å²) in [4.78, 5) is 89.4. The van der Waals surface area contributed by atoms with E-state index in [4.69, 9.17) is 19.2 Å². The number of fused-ring (bicyclic) bond motifs is 6. The fourth-order valence-corrected chi connectivity index (χ4v) is 11.1. The van der Waals surface area contributed by atoms with Crippen LogP contribution in [0.2, 0.25) is 0 Å². The van der Waals surface area contributed by atoms with Crippen LogP contribution >= 0.6 is 0 Å². The molecule has 0 spiro atoms. The number of rotatable bonds is 9. The molecule has 16 nitrogen and oxygen atoms in total. The summed E-state index contributed by atoms with van der Waals surface area (Å²) in [6.07, 6.45) is 10.0. The van der Waals surface area contributed by atoms with Crippen LogP contribution < -0.4 is 16.2 Å². The summed E-state index contributed by atoms with van der Waals surface area (Å²) in [7, 11) is 0. The highest BCUT2D eigenvalue weighted by molar-refractivity contribution is 6.22. The summed E-state index contributed by atoms with van der Waals surface area (Å²) >= 11 is 0. The molecule has 6 aliphatic rings. The van der Waals surface area contributed by atoms with Crippen LogP contribution in [0.5, 0.6) is 0 Å². The molecule has 386 valence electrons. The molecule has 2 aliphatic carbocycles. The minimum Gasteiger partial charge on any atom is -0.462 e. The van der Waals surface area contributed by atoms with Crippen LogP contribution in [0.15, 0.2) is 95.3 Å². The van der Waals surface area contributed by atoms with Crippen molar-refractivity contribution in [2.24, 2.45) is 29.1 Å². The number of barbiturate groups is 1. The monoisotopic (exact) mass is 998 g/mol. The van der Waals surface area contributed by atoms with Gasteiger partial charge in [0.05, 0.1) is 47.0 Å². The summed E-state index contributed by atoms with van der Waals surface area (Å²) in [5.74, 6) is -1.07. The molecule has 0 unspecified atom stereocenters. The topological polar surface area (TPSA) is 230 Å². The number of carbonyl (C=O) groups is 6. The molecule has 6 heterocycles. The number of benzene rings is 2. The Labute approximate surface area is 424 Å². The largest absolute Gasteiger partial charge is 0.462 e. The van der Waals surface area contributed by atoms with E-state index >= 15 is 0 Å². The predicted molar refractivity (Wildman–Crippen MR) is 270 cm³/mol. The van der Waals surface area contributed by atoms with E-state index in [1.165, 1.54) is 5.57 Å². The quantitative estimate of drug-likeness (QED) is 0.0643. The van der Waals surface area contributed by atoms with Crippen LogP contribution in [0.1, 0.15) is 122 Å². The molecule has 2 fully saturated rings. The first-order valence-electron chi connectivity index (χ1n) is 25.5. The van der Waals surface area contributed by atoms with Crippen LogP contribution in [0.25, 0.3) is 22.3 Å². The van der Waals surface area contributed by atoms with Crippen molar-refractivity contribution < 1.29 is 53.2 Å². The van der Waals surface area contributed by atoms with E-state index in [-0.39, 0.29) is 55.1 Å². The molecule has 4 N–H and O–H groups in total. The fourth-order valence-electron chi connectivity index (χ4n) is 11.1. The Morgan fingerprint density at radius 2 is 1.62 bits per heavy atom. The van der Waals surface area contributed by atoms with Crippen molar-refractivity contribution in [1.82, 2.24) is 20.2 Å². The minimum absolute atomic E-state index is 0.0949. The first-order valence-corrected chi connectivity index (χ1v) is 25.5. The number of hydrogen-bond donors (Lipinski definition) is 4. The van der Waals surface area contributed by atoms with Gasteiger partial charge in [-0.25, -0.2) is 14.6 Å². The first kappa shape index (κ1) is 52.5. The standard InChI is InChI=1S/C25H38O5.C20H16N2O4.C12H12N2O3/c1-6-25(4,5)24(28)30-21-12-15(2)11-17-8-7-16(3)20(23(17)21)10-9-19-13-18(26)14-22(27)29-19;1-2-20(25)14-8-16-17-12(7-11-5-3-4-6-15(11)21-17)9-22(16)18(23)13(14)10-26-19(20)24;1-2-12(8-6-4-3-5-7-8)9(15)13-11(17)14-10(12)16/h7-8,11,15-16,18-21,23,26H,6,9-10,12-14H2,1-5H3;3-8,25H,2,9-10H2,1H3;3-7H,2H2,1H3,(H2,13,14,15,16,17)/t15-,16-,18+,19+,20-,21-,23-;20-;/m00./s1. The Morgan fingerprint density at radius 3 is 2.29 bits per heavy atom. The summed E-state index contributed by atoms with van der Waals surface area (Å²) in [6, 6.07) is 19.5. The molecule has 0 radical (unpaired) electrons. The van der Waals surface area contributed by atoms with Gasteiger partial charge in [-0.2, -0.15) is 0 Å². The minimum atomic E-state index is -1.79. The van der Waals surface area contributed by atoms with E-state index in [0.29, 0.717) is 59.5 Å². The van der Waals surface area contributed by atoms with Gasteiger partial charge in [-0.1, -0.05) is 101 Å². The molecule has 0 bridgehead atoms. The van der Waals surface area contributed by atoms with Gasteiger partial charge in [0.15, 0.2) is 11.0 Å². The van der Waals surface area contributed by atoms with Crippen LogP contribution in [0.3, 0.4) is 0 Å². The van der Waals surface area contributed by atoms with Gasteiger partial charge >= 0.3 is 23.9 Å². The van der Waals surface area contributed by atoms with Crippen molar-refractivity contribution in [2.45, 2.75) is 142 Å². The molecule has 4 aromatic rings. The Morgan fingerprint density at radius 1 is 0.918 bits per heavy atom. The number of imide groups is 2. The Kier molecular flexibility index (Phi) is 15.1. The molecule has 2 saturated heterocycles. The fraction of sp³-hybridized carbons (Fsp3) is 0.474. The van der Waals surface area contributed by atoms with E-state index < -0.39 is 46.3 Å². The average molecular weight is 999 g/mol. The number of nitrogens with zero attached hydrogens (tertiary/aromatic N) is 2. The number of allylic oxidation sites excluding steroid dienone is 3. The Bertz CT molecular complexity index is 2940. The second-order valence-corrected chi connectivity index (χ2v) is 20.9. The third kappa shape index (κ3) is 10.2. The van der Waals surface area contributed by atoms with Crippen LogP contribution in [0.4, 0.5) is 4.79 Å². The molecule has 4 amide bonds. The van der Waals surface area contributed by atoms with Gasteiger partial charge in [0, 0.05) is 28.9 Å². The molecule has 16 heteroatoms. The number of aliphatic hydroxyl groups is 2. The first-order chi connectivity index (χ1) is 34.7. The number of hydrogen-bond acceptors (Lipinski definition) is 13. The number of para-hydroxylation sites is 1. The Hall–Kier alpha value is -6.78. The molecular formula is C57H66N4O12. The molecule has 4 aliphatic heterocycles. The predicted octanol–water partition coefficient (Wildman–Crippen LogP) is 7.37. The lowest BCUT2D eigenvalue weighted by Crippen LogP contribution is -2.64. The second-order valence-electron chi connectivity index (χ2n) is 20.9. The van der Waals surface area contributed by atoms with Gasteiger partial charge < -0.3 is 29.0 Å². The van der Waals surface area contributed by atoms with Gasteiger partial charge in [-0.15, -0.1) is 0 Å². The van der Waals surface area contributed by atoms with E-state index in [2.05, 4.69) is 42.7 Å². The molecule has 73 heavy (non-hydrogen) atoms. The third-order valence-electron chi connectivity index (χ3n) is 15.8. The van der Waals surface area contributed by atoms with E-state index in [1.54, 1.807) is 54.8 Å². The van der Waals surface area contributed by atoms with E-state index in [1.807, 2.05) is 51.1 Å². The third-order valence-corrected chi connectivity index (χ3v) is 15.8. The lowest BCUT2D eigenvalue weighted by atomic mass is 9.65. The zero-order chi connectivity index (χ0) is 52.6. The lowest BCUT2D eigenvalue weighted by molar-refractivity contribution is -0.172. The highest BCUT2D eigenvalue weighted by atomic mass is 16.6. The number of nitrogens with one attached hydrogen (secondary N) is 2. The maximum absolute atomic E-state index is 13.0. The molecule has 8 atom stereocenters. The van der Waals surface area contributed by atoms with Crippen molar-refractivity contribution in [2.75, 3.05) is 0 Å². The summed E-state index contributed by atoms with van der Waals surface area (Å²) in [6.45, 7) is 14.1. The number of ether oxygens (including phenoxy) is 3. The summed E-state index contributed by atoms with van der Waals surface area (Å²) in [5, 5.41) is 26.0. The summed E-state index contributed by atoms with van der Waals surface area (Å²) in [5.41, 5.74) is 1.88. The van der Waals surface area contributed by atoms with Crippen LogP contribution in [-0.2, 0) is 62.4 Å². The SMILES string of the molecule is CCC(C)(C)C(=O)O[C@H]1C[C@@H](C)C=C2C=C[C@H](C)[C@H](CC[C@@H]3C[C@@H](O)CC(=O)O3)[C@H]21.CCC1(c2ccccc2)C(=O)NC(=O)NC1=O.CC[C@@]1(O)C(=O)OCc2c1cc1n(c2=O)Cc2cc3ccccc3nc2-1. The van der Waals surface area contributed by atoms with Crippen molar-refractivity contribution >= 4 is 46.7 Å². The number of aromatic nitrogens is 2. The number of amides is 4. The normalized spacial score (nSPS) is 26.6. The van der Waals surface area contributed by atoms with Gasteiger partial charge in [-0.05, 0) is 99.5 Å². The molecule has 10 rings (SSSR count). The summed E-state index contributed by atoms with van der Waals surface area (Å²) < 4.78 is 18.3. The number of urea groups is 1. The van der Waals surface area contributed by atoms with Crippen molar-refractivity contribution in [3.8, 4) is 11.4 Å². The maximum atomic E-state index is 13.0.